The van der Waals surface area contributed by atoms with E-state index in [-0.39, 0.29) is 18.2 Å². The smallest absolute Gasteiger partial charge is 0.323 e. The molecule has 6 heteroatoms. The molecule has 0 aliphatic rings. The Morgan fingerprint density at radius 1 is 0.758 bits per heavy atom. The predicted molar refractivity (Wildman–Crippen MR) is 131 cm³/mol. The first-order valence-electron chi connectivity index (χ1n) is 10.7. The maximum Gasteiger partial charge on any atom is 0.323 e. The Labute approximate surface area is 193 Å². The van der Waals surface area contributed by atoms with Gasteiger partial charge in [-0.05, 0) is 74.2 Å². The van der Waals surface area contributed by atoms with Gasteiger partial charge in [-0.25, -0.2) is 4.79 Å². The second-order valence-electron chi connectivity index (χ2n) is 8.82. The van der Waals surface area contributed by atoms with Crippen LogP contribution in [0, 0.1) is 19.3 Å². The van der Waals surface area contributed by atoms with Gasteiger partial charge in [0, 0.05) is 23.4 Å². The molecule has 0 radical (unpaired) electrons. The van der Waals surface area contributed by atoms with Crippen molar-refractivity contribution in [1.82, 2.24) is 0 Å². The van der Waals surface area contributed by atoms with Crippen molar-refractivity contribution < 1.29 is 19.5 Å². The number of Topliss-reactive ketones (excluding diaryl/α,β-unsaturated/α-hetero) is 1. The molecular weight excluding hydrogens is 416 g/mol. The van der Waals surface area contributed by atoms with Gasteiger partial charge in [0.2, 0.25) is 0 Å². The van der Waals surface area contributed by atoms with Crippen molar-refractivity contribution >= 4 is 29.2 Å². The van der Waals surface area contributed by atoms with Crippen LogP contribution in [0.4, 0.5) is 16.2 Å². The average Bonchev–Trinajstić information content (AvgIpc) is 2.76. The van der Waals surface area contributed by atoms with Gasteiger partial charge in [-0.3, -0.25) is 9.59 Å². The molecule has 3 rings (SSSR count). The monoisotopic (exact) mass is 444 g/mol. The van der Waals surface area contributed by atoms with Gasteiger partial charge in [-0.1, -0.05) is 42.5 Å². The van der Waals surface area contributed by atoms with Gasteiger partial charge in [0.25, 0.3) is 0 Å². The third-order valence-electron chi connectivity index (χ3n) is 5.63. The maximum absolute atomic E-state index is 12.4. The van der Waals surface area contributed by atoms with Gasteiger partial charge in [-0.15, -0.1) is 0 Å². The number of urea groups is 1. The van der Waals surface area contributed by atoms with Crippen LogP contribution in [0.1, 0.15) is 41.8 Å². The number of carboxylic acids is 1. The van der Waals surface area contributed by atoms with Gasteiger partial charge >= 0.3 is 12.0 Å². The Hall–Kier alpha value is -3.93. The molecule has 6 nitrogen and oxygen atoms in total. The SMILES string of the molecule is Cc1ccc(NC(=O)Nc2ccc(-c3ccc(C(=O)CC(C)(C)C(=O)O)cc3)cc2)cc1C. The second-order valence-corrected chi connectivity index (χ2v) is 8.82. The Morgan fingerprint density at radius 3 is 1.82 bits per heavy atom. The first-order valence-corrected chi connectivity index (χ1v) is 10.7. The van der Waals surface area contributed by atoms with Crippen LogP contribution >= 0.6 is 0 Å². The van der Waals surface area contributed by atoms with E-state index in [1.807, 2.05) is 68.4 Å². The normalized spacial score (nSPS) is 11.0. The molecule has 0 atom stereocenters. The van der Waals surface area contributed by atoms with Crippen LogP contribution in [-0.2, 0) is 4.79 Å². The van der Waals surface area contributed by atoms with Crippen LogP contribution in [0.3, 0.4) is 0 Å². The minimum Gasteiger partial charge on any atom is -0.481 e. The number of carboxylic acid groups (broad SMARTS) is 1. The van der Waals surface area contributed by atoms with E-state index in [9.17, 15) is 19.5 Å². The first-order chi connectivity index (χ1) is 15.5. The molecule has 3 aromatic rings. The van der Waals surface area contributed by atoms with Crippen molar-refractivity contribution in [3.05, 3.63) is 83.4 Å². The number of aliphatic carboxylic acids is 1. The molecule has 0 aliphatic heterocycles. The second kappa shape index (κ2) is 9.69. The summed E-state index contributed by atoms with van der Waals surface area (Å²) >= 11 is 0. The lowest BCUT2D eigenvalue weighted by Crippen LogP contribution is -2.26. The summed E-state index contributed by atoms with van der Waals surface area (Å²) < 4.78 is 0. The molecule has 170 valence electrons. The number of hydrogen-bond donors (Lipinski definition) is 3. The number of nitrogens with one attached hydrogen (secondary N) is 2. The maximum atomic E-state index is 12.4. The van der Waals surface area contributed by atoms with E-state index in [0.29, 0.717) is 11.3 Å². The number of ketones is 1. The lowest BCUT2D eigenvalue weighted by molar-refractivity contribution is -0.146. The van der Waals surface area contributed by atoms with Crippen LogP contribution in [0.5, 0.6) is 0 Å². The predicted octanol–water partition coefficient (Wildman–Crippen LogP) is 6.30. The fourth-order valence-corrected chi connectivity index (χ4v) is 3.29. The lowest BCUT2D eigenvalue weighted by Gasteiger charge is -2.17. The first kappa shape index (κ1) is 23.7. The van der Waals surface area contributed by atoms with Crippen LogP contribution in [0.15, 0.2) is 66.7 Å². The summed E-state index contributed by atoms with van der Waals surface area (Å²) in [5.74, 6) is -1.20. The summed E-state index contributed by atoms with van der Waals surface area (Å²) in [6.45, 7) is 7.10. The van der Waals surface area contributed by atoms with E-state index in [0.717, 1.165) is 27.9 Å². The van der Waals surface area contributed by atoms with Gasteiger partial charge in [0.1, 0.15) is 0 Å². The van der Waals surface area contributed by atoms with Crippen LogP contribution < -0.4 is 10.6 Å². The Morgan fingerprint density at radius 2 is 1.27 bits per heavy atom. The number of hydrogen-bond acceptors (Lipinski definition) is 3. The minimum absolute atomic E-state index is 0.0632. The third-order valence-corrected chi connectivity index (χ3v) is 5.63. The zero-order valence-corrected chi connectivity index (χ0v) is 19.2. The topological polar surface area (TPSA) is 95.5 Å². The largest absolute Gasteiger partial charge is 0.481 e. The Balaban J connectivity index is 1.62. The quantitative estimate of drug-likeness (QED) is 0.373. The molecule has 0 aromatic heterocycles. The molecule has 0 spiro atoms. The lowest BCUT2D eigenvalue weighted by atomic mass is 9.85. The van der Waals surface area contributed by atoms with Crippen molar-refractivity contribution in [3.8, 4) is 11.1 Å². The summed E-state index contributed by atoms with van der Waals surface area (Å²) in [6.07, 6.45) is -0.0632. The van der Waals surface area contributed by atoms with Gasteiger partial charge in [-0.2, -0.15) is 0 Å². The summed E-state index contributed by atoms with van der Waals surface area (Å²) in [6, 6.07) is 19.9. The van der Waals surface area contributed by atoms with Crippen molar-refractivity contribution in [2.75, 3.05) is 10.6 Å². The average molecular weight is 445 g/mol. The van der Waals surface area contributed by atoms with Gasteiger partial charge in [0.15, 0.2) is 5.78 Å². The molecule has 33 heavy (non-hydrogen) atoms. The van der Waals surface area contributed by atoms with Crippen molar-refractivity contribution in [1.29, 1.82) is 0 Å². The number of benzene rings is 3. The number of aryl methyl sites for hydroxylation is 2. The molecule has 0 saturated carbocycles. The van der Waals surface area contributed by atoms with E-state index < -0.39 is 11.4 Å². The highest BCUT2D eigenvalue weighted by molar-refractivity contribution is 6.00. The highest BCUT2D eigenvalue weighted by atomic mass is 16.4. The summed E-state index contributed by atoms with van der Waals surface area (Å²) in [4.78, 5) is 36.0. The molecule has 0 fully saturated rings. The number of amides is 2. The number of carbonyl (C=O) groups is 3. The highest BCUT2D eigenvalue weighted by Crippen LogP contribution is 2.26. The standard InChI is InChI=1S/C27H28N2O4/c1-17-5-12-23(15-18(17)2)29-26(33)28-22-13-10-20(11-14-22)19-6-8-21(9-7-19)24(30)16-27(3,4)25(31)32/h5-15H,16H2,1-4H3,(H,31,32)(H2,28,29,33). The number of anilines is 2. The Bertz CT molecular complexity index is 1180. The van der Waals surface area contributed by atoms with E-state index in [4.69, 9.17) is 0 Å². The minimum atomic E-state index is -1.11. The highest BCUT2D eigenvalue weighted by Gasteiger charge is 2.30. The molecular formula is C27H28N2O4. The van der Waals surface area contributed by atoms with Gasteiger partial charge in [0.05, 0.1) is 5.41 Å². The zero-order chi connectivity index (χ0) is 24.2. The van der Waals surface area contributed by atoms with Crippen molar-refractivity contribution in [3.63, 3.8) is 0 Å². The number of rotatable bonds is 7. The van der Waals surface area contributed by atoms with E-state index in [1.54, 1.807) is 26.0 Å². The molecule has 3 N–H and O–H groups in total. The fourth-order valence-electron chi connectivity index (χ4n) is 3.29. The molecule has 0 unspecified atom stereocenters. The molecule has 0 bridgehead atoms. The van der Waals surface area contributed by atoms with E-state index in [1.165, 1.54) is 0 Å². The fraction of sp³-hybridized carbons (Fsp3) is 0.222. The van der Waals surface area contributed by atoms with Crippen LogP contribution in [0.25, 0.3) is 11.1 Å². The van der Waals surface area contributed by atoms with E-state index >= 15 is 0 Å². The van der Waals surface area contributed by atoms with E-state index in [2.05, 4.69) is 10.6 Å². The molecule has 0 aliphatic carbocycles. The van der Waals surface area contributed by atoms with Crippen LogP contribution in [-0.4, -0.2) is 22.9 Å². The van der Waals surface area contributed by atoms with Gasteiger partial charge < -0.3 is 15.7 Å². The summed E-state index contributed by atoms with van der Waals surface area (Å²) in [5, 5.41) is 14.9. The number of carbonyl (C=O) groups excluding carboxylic acids is 2. The molecule has 0 heterocycles. The summed E-state index contributed by atoms with van der Waals surface area (Å²) in [7, 11) is 0. The Kier molecular flexibility index (Phi) is 6.97. The third kappa shape index (κ3) is 6.07. The molecule has 0 saturated heterocycles. The van der Waals surface area contributed by atoms with Crippen molar-refractivity contribution in [2.45, 2.75) is 34.1 Å². The van der Waals surface area contributed by atoms with Crippen LogP contribution in [0.2, 0.25) is 0 Å². The van der Waals surface area contributed by atoms with Crippen molar-refractivity contribution in [2.24, 2.45) is 5.41 Å². The molecule has 3 aromatic carbocycles. The molecule has 2 amide bonds. The summed E-state index contributed by atoms with van der Waals surface area (Å²) in [5.41, 5.74) is 4.87. The zero-order valence-electron chi connectivity index (χ0n) is 19.2.